The summed E-state index contributed by atoms with van der Waals surface area (Å²) in [5.74, 6) is 0. The summed E-state index contributed by atoms with van der Waals surface area (Å²) in [5.41, 5.74) is 9.75. The Morgan fingerprint density at radius 1 is 1.28 bits per heavy atom. The molecule has 3 aromatic rings. The third kappa shape index (κ3) is 1.49. The quantitative estimate of drug-likeness (QED) is 0.731. The van der Waals surface area contributed by atoms with Gasteiger partial charge >= 0.3 is 0 Å². The lowest BCUT2D eigenvalue weighted by Gasteiger charge is -2.02. The molecule has 0 spiro atoms. The molecule has 0 saturated heterocycles. The van der Waals surface area contributed by atoms with E-state index in [1.165, 1.54) is 0 Å². The van der Waals surface area contributed by atoms with Crippen LogP contribution in [0.15, 0.2) is 30.6 Å². The van der Waals surface area contributed by atoms with Crippen LogP contribution in [0.3, 0.4) is 0 Å². The summed E-state index contributed by atoms with van der Waals surface area (Å²) in [4.78, 5) is 0. The molecule has 0 unspecified atom stereocenters. The predicted molar refractivity (Wildman–Crippen MR) is 74.5 cm³/mol. The molecule has 2 aromatic heterocycles. The van der Waals surface area contributed by atoms with Gasteiger partial charge in [-0.15, -0.1) is 0 Å². The number of nitrogen functional groups attached to an aromatic ring is 1. The summed E-state index contributed by atoms with van der Waals surface area (Å²) in [7, 11) is 3.88. The van der Waals surface area contributed by atoms with Crippen LogP contribution in [0.5, 0.6) is 0 Å². The minimum Gasteiger partial charge on any atom is -0.396 e. The summed E-state index contributed by atoms with van der Waals surface area (Å²) in [5, 5.41) is 6.03. The highest BCUT2D eigenvalue weighted by Crippen LogP contribution is 2.34. The summed E-state index contributed by atoms with van der Waals surface area (Å²) in [6.07, 6.45) is 3.72. The lowest BCUT2D eigenvalue weighted by atomic mass is 10.1. The van der Waals surface area contributed by atoms with Gasteiger partial charge in [0, 0.05) is 41.8 Å². The SMILES string of the molecule is Cn1ncc(N)c1-c1cn(C)c2cc(Cl)ccc12. The third-order valence-corrected chi connectivity index (χ3v) is 3.41. The van der Waals surface area contributed by atoms with Gasteiger partial charge in [0.1, 0.15) is 0 Å². The first kappa shape index (κ1) is 11.2. The Labute approximate surface area is 110 Å². The van der Waals surface area contributed by atoms with E-state index in [0.29, 0.717) is 5.69 Å². The van der Waals surface area contributed by atoms with Gasteiger partial charge in [0.25, 0.3) is 0 Å². The molecule has 0 fully saturated rings. The third-order valence-electron chi connectivity index (χ3n) is 3.17. The topological polar surface area (TPSA) is 48.8 Å². The van der Waals surface area contributed by atoms with Crippen LogP contribution in [0.4, 0.5) is 5.69 Å². The summed E-state index contributed by atoms with van der Waals surface area (Å²) >= 11 is 6.03. The molecule has 0 amide bonds. The minimum absolute atomic E-state index is 0.681. The molecule has 18 heavy (non-hydrogen) atoms. The van der Waals surface area contributed by atoms with Crippen molar-refractivity contribution in [3.05, 3.63) is 35.6 Å². The van der Waals surface area contributed by atoms with E-state index in [2.05, 4.69) is 5.10 Å². The first-order valence-electron chi connectivity index (χ1n) is 5.60. The van der Waals surface area contributed by atoms with Gasteiger partial charge in [0.05, 0.1) is 17.6 Å². The van der Waals surface area contributed by atoms with Crippen molar-refractivity contribution in [2.45, 2.75) is 0 Å². The molecule has 5 heteroatoms. The van der Waals surface area contributed by atoms with E-state index in [1.54, 1.807) is 10.9 Å². The predicted octanol–water partition coefficient (Wildman–Crippen LogP) is 2.81. The zero-order valence-electron chi connectivity index (χ0n) is 10.2. The van der Waals surface area contributed by atoms with Crippen molar-refractivity contribution >= 4 is 28.2 Å². The van der Waals surface area contributed by atoms with Crippen LogP contribution in [0.1, 0.15) is 0 Å². The second-order valence-electron chi connectivity index (χ2n) is 4.39. The van der Waals surface area contributed by atoms with E-state index in [1.807, 2.05) is 43.1 Å². The summed E-state index contributed by atoms with van der Waals surface area (Å²) in [6.45, 7) is 0. The number of aryl methyl sites for hydroxylation is 2. The van der Waals surface area contributed by atoms with Crippen molar-refractivity contribution in [1.82, 2.24) is 14.3 Å². The van der Waals surface area contributed by atoms with Crippen molar-refractivity contribution < 1.29 is 0 Å². The van der Waals surface area contributed by atoms with E-state index >= 15 is 0 Å². The van der Waals surface area contributed by atoms with E-state index in [9.17, 15) is 0 Å². The van der Waals surface area contributed by atoms with Gasteiger partial charge in [-0.05, 0) is 12.1 Å². The molecule has 0 radical (unpaired) electrons. The Balaban J connectivity index is 2.37. The van der Waals surface area contributed by atoms with Crippen LogP contribution < -0.4 is 5.73 Å². The highest BCUT2D eigenvalue weighted by Gasteiger charge is 2.14. The molecule has 3 rings (SSSR count). The highest BCUT2D eigenvalue weighted by atomic mass is 35.5. The second kappa shape index (κ2) is 3.78. The van der Waals surface area contributed by atoms with Gasteiger partial charge in [-0.25, -0.2) is 0 Å². The maximum atomic E-state index is 6.03. The van der Waals surface area contributed by atoms with Gasteiger partial charge in [0.15, 0.2) is 0 Å². The van der Waals surface area contributed by atoms with E-state index in [0.717, 1.165) is 27.2 Å². The smallest absolute Gasteiger partial charge is 0.0930 e. The van der Waals surface area contributed by atoms with Crippen LogP contribution >= 0.6 is 11.6 Å². The van der Waals surface area contributed by atoms with Crippen molar-refractivity contribution in [2.24, 2.45) is 14.1 Å². The Hall–Kier alpha value is -1.94. The second-order valence-corrected chi connectivity index (χ2v) is 4.82. The minimum atomic E-state index is 0.681. The lowest BCUT2D eigenvalue weighted by Crippen LogP contribution is -1.95. The number of rotatable bonds is 1. The van der Waals surface area contributed by atoms with Gasteiger partial charge in [0.2, 0.25) is 0 Å². The first-order chi connectivity index (χ1) is 8.58. The fourth-order valence-corrected chi connectivity index (χ4v) is 2.50. The molecule has 2 heterocycles. The normalized spacial score (nSPS) is 11.3. The molecule has 0 aliphatic rings. The van der Waals surface area contributed by atoms with Crippen LogP contribution in [0, 0.1) is 0 Å². The zero-order chi connectivity index (χ0) is 12.9. The molecule has 0 atom stereocenters. The Morgan fingerprint density at radius 3 is 2.72 bits per heavy atom. The number of fused-ring (bicyclic) bond motifs is 1. The van der Waals surface area contributed by atoms with Gasteiger partial charge in [-0.3, -0.25) is 4.68 Å². The number of hydrogen-bond donors (Lipinski definition) is 1. The lowest BCUT2D eigenvalue weighted by molar-refractivity contribution is 0.776. The van der Waals surface area contributed by atoms with E-state index in [-0.39, 0.29) is 0 Å². The van der Waals surface area contributed by atoms with Crippen LogP contribution in [-0.4, -0.2) is 14.3 Å². The van der Waals surface area contributed by atoms with Gasteiger partial charge in [-0.2, -0.15) is 5.10 Å². The Morgan fingerprint density at radius 2 is 2.06 bits per heavy atom. The molecule has 0 aliphatic carbocycles. The molecular formula is C13H13ClN4. The molecule has 4 nitrogen and oxygen atoms in total. The number of hydrogen-bond acceptors (Lipinski definition) is 2. The monoisotopic (exact) mass is 260 g/mol. The number of nitrogens with two attached hydrogens (primary N) is 1. The van der Waals surface area contributed by atoms with Crippen molar-refractivity contribution in [1.29, 1.82) is 0 Å². The van der Waals surface area contributed by atoms with E-state index in [4.69, 9.17) is 17.3 Å². The summed E-state index contributed by atoms with van der Waals surface area (Å²) < 4.78 is 3.84. The first-order valence-corrected chi connectivity index (χ1v) is 5.98. The Kier molecular flexibility index (Phi) is 2.35. The van der Waals surface area contributed by atoms with Crippen LogP contribution in [-0.2, 0) is 14.1 Å². The van der Waals surface area contributed by atoms with Crippen molar-refractivity contribution in [3.8, 4) is 11.3 Å². The van der Waals surface area contributed by atoms with E-state index < -0.39 is 0 Å². The average Bonchev–Trinajstić information content (AvgIpc) is 2.81. The number of anilines is 1. The fraction of sp³-hybridized carbons (Fsp3) is 0.154. The van der Waals surface area contributed by atoms with Crippen molar-refractivity contribution in [3.63, 3.8) is 0 Å². The molecule has 1 aromatic carbocycles. The number of aromatic nitrogens is 3. The largest absolute Gasteiger partial charge is 0.396 e. The standard InChI is InChI=1S/C13H13ClN4/c1-17-7-10(13-11(15)6-16-18(13)2)9-4-3-8(14)5-12(9)17/h3-7H,15H2,1-2H3. The molecule has 0 saturated carbocycles. The van der Waals surface area contributed by atoms with Gasteiger partial charge < -0.3 is 10.3 Å². The van der Waals surface area contributed by atoms with Crippen LogP contribution in [0.25, 0.3) is 22.2 Å². The fourth-order valence-electron chi connectivity index (χ4n) is 2.33. The highest BCUT2D eigenvalue weighted by molar-refractivity contribution is 6.31. The Bertz CT molecular complexity index is 719. The maximum absolute atomic E-state index is 6.03. The zero-order valence-corrected chi connectivity index (χ0v) is 10.9. The number of benzene rings is 1. The molecule has 0 aliphatic heterocycles. The molecular weight excluding hydrogens is 248 g/mol. The molecule has 0 bridgehead atoms. The van der Waals surface area contributed by atoms with Crippen molar-refractivity contribution in [2.75, 3.05) is 5.73 Å². The number of halogens is 1. The number of nitrogens with zero attached hydrogens (tertiary/aromatic N) is 3. The molecule has 2 N–H and O–H groups in total. The van der Waals surface area contributed by atoms with Crippen LogP contribution in [0.2, 0.25) is 5.02 Å². The summed E-state index contributed by atoms with van der Waals surface area (Å²) in [6, 6.07) is 5.85. The molecule has 92 valence electrons. The average molecular weight is 261 g/mol. The van der Waals surface area contributed by atoms with Gasteiger partial charge in [-0.1, -0.05) is 17.7 Å². The maximum Gasteiger partial charge on any atom is 0.0930 e.